The Morgan fingerprint density at radius 2 is 2.44 bits per heavy atom. The molecule has 2 aromatic rings. The average molecular weight is 237 g/mol. The fraction of sp³-hybridized carbons (Fsp3) is 0.273. The Labute approximate surface area is 96.6 Å². The number of hydrogen-bond donors (Lipinski definition) is 1. The highest BCUT2D eigenvalue weighted by atomic mass is 32.1. The summed E-state index contributed by atoms with van der Waals surface area (Å²) in [6.45, 7) is 2.00. The van der Waals surface area contributed by atoms with Gasteiger partial charge in [0.2, 0.25) is 0 Å². The van der Waals surface area contributed by atoms with E-state index in [1.807, 2.05) is 6.92 Å². The quantitative estimate of drug-likeness (QED) is 0.887. The molecule has 4 nitrogen and oxygen atoms in total. The second-order valence-electron chi connectivity index (χ2n) is 3.28. The number of rotatable bonds is 4. The Hall–Kier alpha value is -1.62. The average Bonchev–Trinajstić information content (AvgIpc) is 2.84. The van der Waals surface area contributed by atoms with Gasteiger partial charge in [0, 0.05) is 4.88 Å². The van der Waals surface area contributed by atoms with Gasteiger partial charge in [-0.2, -0.15) is 0 Å². The zero-order chi connectivity index (χ0) is 11.5. The van der Waals surface area contributed by atoms with Crippen LogP contribution in [0.2, 0.25) is 0 Å². The molecule has 0 saturated heterocycles. The van der Waals surface area contributed by atoms with Crippen LogP contribution in [0.3, 0.4) is 0 Å². The van der Waals surface area contributed by atoms with Gasteiger partial charge < -0.3 is 9.52 Å². The Balaban J connectivity index is 2.42. The van der Waals surface area contributed by atoms with Gasteiger partial charge in [-0.25, -0.2) is 4.98 Å². The lowest BCUT2D eigenvalue weighted by atomic mass is 10.2. The molecular weight excluding hydrogens is 226 g/mol. The van der Waals surface area contributed by atoms with Gasteiger partial charge in [0.25, 0.3) is 0 Å². The van der Waals surface area contributed by atoms with Crippen LogP contribution in [0.4, 0.5) is 0 Å². The molecule has 0 aliphatic heterocycles. The lowest BCUT2D eigenvalue weighted by Gasteiger charge is -1.94. The zero-order valence-electron chi connectivity index (χ0n) is 8.77. The molecule has 0 atom stereocenters. The number of carbonyl (C=O) groups is 1. The topological polar surface area (TPSA) is 63.3 Å². The minimum absolute atomic E-state index is 0.00625. The van der Waals surface area contributed by atoms with E-state index < -0.39 is 5.97 Å². The van der Waals surface area contributed by atoms with E-state index in [0.29, 0.717) is 11.5 Å². The van der Waals surface area contributed by atoms with E-state index in [-0.39, 0.29) is 6.42 Å². The molecule has 2 aromatic heterocycles. The van der Waals surface area contributed by atoms with Crippen LogP contribution in [0.5, 0.6) is 0 Å². The van der Waals surface area contributed by atoms with Crippen molar-refractivity contribution >= 4 is 17.3 Å². The third-order valence-corrected chi connectivity index (χ3v) is 3.31. The second kappa shape index (κ2) is 4.49. The summed E-state index contributed by atoms with van der Waals surface area (Å²) in [6.07, 6.45) is 2.36. The van der Waals surface area contributed by atoms with E-state index in [9.17, 15) is 4.79 Å². The molecule has 0 bridgehead atoms. The van der Waals surface area contributed by atoms with Crippen LogP contribution in [-0.2, 0) is 17.6 Å². The highest BCUT2D eigenvalue weighted by Gasteiger charge is 2.16. The molecule has 0 unspecified atom stereocenters. The SMILES string of the molecule is CCc1nc(-c2ccco2)c(CC(=O)O)s1. The van der Waals surface area contributed by atoms with Crippen LogP contribution < -0.4 is 0 Å². The number of carboxylic acids is 1. The monoisotopic (exact) mass is 237 g/mol. The fourth-order valence-electron chi connectivity index (χ4n) is 1.41. The van der Waals surface area contributed by atoms with Gasteiger partial charge in [0.1, 0.15) is 5.69 Å². The van der Waals surface area contributed by atoms with Crippen molar-refractivity contribution in [3.8, 4) is 11.5 Å². The van der Waals surface area contributed by atoms with Crippen LogP contribution in [0, 0.1) is 0 Å². The maximum absolute atomic E-state index is 10.7. The minimum Gasteiger partial charge on any atom is -0.481 e. The van der Waals surface area contributed by atoms with Gasteiger partial charge in [-0.15, -0.1) is 11.3 Å². The molecule has 2 heterocycles. The van der Waals surface area contributed by atoms with Gasteiger partial charge in [0.05, 0.1) is 17.7 Å². The molecule has 1 N–H and O–H groups in total. The number of carboxylic acid groups (broad SMARTS) is 1. The van der Waals surface area contributed by atoms with Crippen molar-refractivity contribution in [3.63, 3.8) is 0 Å². The van der Waals surface area contributed by atoms with E-state index in [0.717, 1.165) is 16.3 Å². The van der Waals surface area contributed by atoms with Crippen LogP contribution >= 0.6 is 11.3 Å². The molecule has 0 radical (unpaired) electrons. The summed E-state index contributed by atoms with van der Waals surface area (Å²) < 4.78 is 5.25. The predicted molar refractivity (Wildman–Crippen MR) is 60.5 cm³/mol. The fourth-order valence-corrected chi connectivity index (χ4v) is 2.42. The highest BCUT2D eigenvalue weighted by Crippen LogP contribution is 2.29. The van der Waals surface area contributed by atoms with E-state index in [4.69, 9.17) is 9.52 Å². The molecule has 0 aromatic carbocycles. The first kappa shape index (κ1) is 10.9. The van der Waals surface area contributed by atoms with Gasteiger partial charge in [0.15, 0.2) is 5.76 Å². The lowest BCUT2D eigenvalue weighted by Crippen LogP contribution is -1.99. The maximum atomic E-state index is 10.7. The first-order valence-corrected chi connectivity index (χ1v) is 5.76. The number of aromatic nitrogens is 1. The van der Waals surface area contributed by atoms with Crippen molar-refractivity contribution in [2.24, 2.45) is 0 Å². The summed E-state index contributed by atoms with van der Waals surface area (Å²) in [4.78, 5) is 15.9. The van der Waals surface area contributed by atoms with Gasteiger partial charge in [-0.1, -0.05) is 6.92 Å². The number of aliphatic carboxylic acids is 1. The van der Waals surface area contributed by atoms with E-state index in [1.165, 1.54) is 11.3 Å². The zero-order valence-corrected chi connectivity index (χ0v) is 9.58. The summed E-state index contributed by atoms with van der Waals surface area (Å²) in [5, 5.41) is 9.75. The summed E-state index contributed by atoms with van der Waals surface area (Å²) >= 11 is 1.43. The number of thiazole rings is 1. The number of furan rings is 1. The van der Waals surface area contributed by atoms with Crippen LogP contribution in [0.1, 0.15) is 16.8 Å². The first-order valence-electron chi connectivity index (χ1n) is 4.95. The normalized spacial score (nSPS) is 10.6. The highest BCUT2D eigenvalue weighted by molar-refractivity contribution is 7.12. The molecule has 0 amide bonds. The summed E-state index contributed by atoms with van der Waals surface area (Å²) in [6, 6.07) is 3.56. The van der Waals surface area contributed by atoms with Crippen molar-refractivity contribution in [1.82, 2.24) is 4.98 Å². The number of nitrogens with zero attached hydrogens (tertiary/aromatic N) is 1. The Kier molecular flexibility index (Phi) is 3.05. The Bertz CT molecular complexity index is 487. The van der Waals surface area contributed by atoms with Crippen molar-refractivity contribution < 1.29 is 14.3 Å². The summed E-state index contributed by atoms with van der Waals surface area (Å²) in [5.74, 6) is -0.216. The second-order valence-corrected chi connectivity index (χ2v) is 4.45. The maximum Gasteiger partial charge on any atom is 0.308 e. The molecule has 16 heavy (non-hydrogen) atoms. The first-order chi connectivity index (χ1) is 7.70. The van der Waals surface area contributed by atoms with Crippen molar-refractivity contribution in [3.05, 3.63) is 28.3 Å². The molecule has 0 aliphatic rings. The lowest BCUT2D eigenvalue weighted by molar-refractivity contribution is -0.136. The molecule has 2 rings (SSSR count). The van der Waals surface area contributed by atoms with Crippen molar-refractivity contribution in [1.29, 1.82) is 0 Å². The van der Waals surface area contributed by atoms with Gasteiger partial charge in [-0.05, 0) is 18.6 Å². The third-order valence-electron chi connectivity index (χ3n) is 2.11. The molecule has 5 heteroatoms. The molecule has 0 aliphatic carbocycles. The summed E-state index contributed by atoms with van der Waals surface area (Å²) in [5.41, 5.74) is 0.661. The van der Waals surface area contributed by atoms with Crippen LogP contribution in [0.25, 0.3) is 11.5 Å². The van der Waals surface area contributed by atoms with E-state index in [1.54, 1.807) is 18.4 Å². The Morgan fingerprint density at radius 3 is 3.00 bits per heavy atom. The standard InChI is InChI=1S/C11H11NO3S/c1-2-9-12-11(7-4-3-5-15-7)8(16-9)6-10(13)14/h3-5H,2,6H2,1H3,(H,13,14). The molecule has 0 spiro atoms. The largest absolute Gasteiger partial charge is 0.481 e. The van der Waals surface area contributed by atoms with E-state index in [2.05, 4.69) is 4.98 Å². The van der Waals surface area contributed by atoms with Crippen LogP contribution in [-0.4, -0.2) is 16.1 Å². The van der Waals surface area contributed by atoms with Crippen molar-refractivity contribution in [2.75, 3.05) is 0 Å². The molecule has 0 saturated carbocycles. The molecular formula is C11H11NO3S. The summed E-state index contributed by atoms with van der Waals surface area (Å²) in [7, 11) is 0. The van der Waals surface area contributed by atoms with Gasteiger partial charge >= 0.3 is 5.97 Å². The number of aryl methyl sites for hydroxylation is 1. The smallest absolute Gasteiger partial charge is 0.308 e. The van der Waals surface area contributed by atoms with Gasteiger partial charge in [-0.3, -0.25) is 4.79 Å². The van der Waals surface area contributed by atoms with Crippen molar-refractivity contribution in [2.45, 2.75) is 19.8 Å². The van der Waals surface area contributed by atoms with E-state index >= 15 is 0 Å². The molecule has 0 fully saturated rings. The molecule has 84 valence electrons. The van der Waals surface area contributed by atoms with Crippen LogP contribution in [0.15, 0.2) is 22.8 Å². The minimum atomic E-state index is -0.848. The number of hydrogen-bond acceptors (Lipinski definition) is 4. The Morgan fingerprint density at radius 1 is 1.62 bits per heavy atom. The predicted octanol–water partition coefficient (Wildman–Crippen LogP) is 2.59. The third kappa shape index (κ3) is 2.14.